The highest BCUT2D eigenvalue weighted by Gasteiger charge is 2.08. The number of rotatable bonds is 6. The van der Waals surface area contributed by atoms with Crippen LogP contribution >= 0.6 is 11.6 Å². The van der Waals surface area contributed by atoms with Gasteiger partial charge in [0.2, 0.25) is 0 Å². The predicted octanol–water partition coefficient (Wildman–Crippen LogP) is 4.71. The maximum absolute atomic E-state index is 13.6. The fraction of sp³-hybridized carbons (Fsp3) is 0.250. The summed E-state index contributed by atoms with van der Waals surface area (Å²) < 4.78 is 32.1. The molecule has 0 aliphatic heterocycles. The fourth-order valence-electron chi connectivity index (χ4n) is 1.97. The zero-order valence-electron chi connectivity index (χ0n) is 11.6. The van der Waals surface area contributed by atoms with Crippen LogP contribution in [0.5, 0.6) is 5.75 Å². The van der Waals surface area contributed by atoms with E-state index in [9.17, 15) is 8.78 Å². The first-order chi connectivity index (χ1) is 10.2. The molecule has 0 atom stereocenters. The average Bonchev–Trinajstić information content (AvgIpc) is 2.50. The Bertz CT molecular complexity index is 619. The van der Waals surface area contributed by atoms with Gasteiger partial charge in [-0.1, -0.05) is 12.1 Å². The predicted molar refractivity (Wildman–Crippen MR) is 80.9 cm³/mol. The molecule has 0 saturated heterocycles. The Hall–Kier alpha value is -1.81. The second kappa shape index (κ2) is 7.27. The van der Waals surface area contributed by atoms with Crippen LogP contribution in [-0.2, 0) is 12.4 Å². The zero-order valence-corrected chi connectivity index (χ0v) is 12.4. The molecule has 2 aromatic carbocycles. The summed E-state index contributed by atoms with van der Waals surface area (Å²) in [7, 11) is 0. The minimum Gasteiger partial charge on any atom is -0.494 e. The Morgan fingerprint density at radius 2 is 1.95 bits per heavy atom. The monoisotopic (exact) mass is 311 g/mol. The Kier molecular flexibility index (Phi) is 5.39. The van der Waals surface area contributed by atoms with E-state index in [1.165, 1.54) is 6.07 Å². The van der Waals surface area contributed by atoms with Crippen molar-refractivity contribution in [2.45, 2.75) is 19.3 Å². The lowest BCUT2D eigenvalue weighted by Crippen LogP contribution is -2.04. The summed E-state index contributed by atoms with van der Waals surface area (Å²) in [6.07, 6.45) is 0. The number of benzene rings is 2. The Morgan fingerprint density at radius 3 is 2.67 bits per heavy atom. The largest absolute Gasteiger partial charge is 0.494 e. The molecule has 112 valence electrons. The lowest BCUT2D eigenvalue weighted by molar-refractivity contribution is 0.337. The quantitative estimate of drug-likeness (QED) is 0.780. The van der Waals surface area contributed by atoms with Crippen molar-refractivity contribution in [3.8, 4) is 5.75 Å². The number of nitrogens with one attached hydrogen (secondary N) is 1. The second-order valence-corrected chi connectivity index (χ2v) is 4.72. The summed E-state index contributed by atoms with van der Waals surface area (Å²) in [5, 5.41) is 3.05. The molecule has 0 aromatic heterocycles. The van der Waals surface area contributed by atoms with E-state index in [-0.39, 0.29) is 12.1 Å². The van der Waals surface area contributed by atoms with Gasteiger partial charge in [0.05, 0.1) is 12.5 Å². The van der Waals surface area contributed by atoms with Gasteiger partial charge in [0.15, 0.2) is 11.6 Å². The van der Waals surface area contributed by atoms with Gasteiger partial charge >= 0.3 is 0 Å². The number of hydrogen-bond acceptors (Lipinski definition) is 2. The lowest BCUT2D eigenvalue weighted by Gasteiger charge is -2.12. The number of ether oxygens (including phenoxy) is 1. The smallest absolute Gasteiger partial charge is 0.163 e. The van der Waals surface area contributed by atoms with Crippen LogP contribution in [-0.4, -0.2) is 6.61 Å². The van der Waals surface area contributed by atoms with Crippen molar-refractivity contribution in [1.29, 1.82) is 0 Å². The van der Waals surface area contributed by atoms with Crippen molar-refractivity contribution in [2.75, 3.05) is 11.9 Å². The number of alkyl halides is 1. The molecule has 2 aromatic rings. The van der Waals surface area contributed by atoms with Gasteiger partial charge < -0.3 is 10.1 Å². The van der Waals surface area contributed by atoms with Gasteiger partial charge in [-0.2, -0.15) is 0 Å². The van der Waals surface area contributed by atoms with Gasteiger partial charge in [-0.15, -0.1) is 11.6 Å². The van der Waals surface area contributed by atoms with Crippen LogP contribution < -0.4 is 10.1 Å². The summed E-state index contributed by atoms with van der Waals surface area (Å²) in [5.41, 5.74) is 1.90. The van der Waals surface area contributed by atoms with E-state index in [4.69, 9.17) is 16.3 Å². The van der Waals surface area contributed by atoms with Gasteiger partial charge in [0.1, 0.15) is 5.75 Å². The molecule has 0 aliphatic carbocycles. The van der Waals surface area contributed by atoms with E-state index < -0.39 is 11.6 Å². The van der Waals surface area contributed by atoms with Crippen molar-refractivity contribution in [3.63, 3.8) is 0 Å². The van der Waals surface area contributed by atoms with E-state index in [1.807, 2.05) is 25.1 Å². The average molecular weight is 312 g/mol. The van der Waals surface area contributed by atoms with E-state index in [0.717, 1.165) is 23.1 Å². The summed E-state index contributed by atoms with van der Waals surface area (Å²) in [6.45, 7) is 2.65. The molecule has 0 unspecified atom stereocenters. The molecule has 0 spiro atoms. The normalized spacial score (nSPS) is 10.5. The third-order valence-electron chi connectivity index (χ3n) is 3.02. The number of hydrogen-bond donors (Lipinski definition) is 1. The molecule has 1 N–H and O–H groups in total. The Labute approximate surface area is 127 Å². The van der Waals surface area contributed by atoms with Crippen LogP contribution in [0, 0.1) is 11.6 Å². The lowest BCUT2D eigenvalue weighted by atomic mass is 10.1. The summed E-state index contributed by atoms with van der Waals surface area (Å²) in [6, 6.07) is 9.60. The van der Waals surface area contributed by atoms with E-state index in [0.29, 0.717) is 12.5 Å². The standard InChI is InChI=1S/C16H16ClF2NO/c1-2-21-15-7-6-13(8-12(15)9-17)20-10-11-4-3-5-14(18)16(11)19/h3-8,20H,2,9-10H2,1H3. The van der Waals surface area contributed by atoms with Crippen LogP contribution in [0.3, 0.4) is 0 Å². The van der Waals surface area contributed by atoms with Crippen LogP contribution in [0.2, 0.25) is 0 Å². The van der Waals surface area contributed by atoms with Crippen molar-refractivity contribution >= 4 is 17.3 Å². The zero-order chi connectivity index (χ0) is 15.2. The Morgan fingerprint density at radius 1 is 1.14 bits per heavy atom. The van der Waals surface area contributed by atoms with Gasteiger partial charge in [-0.25, -0.2) is 8.78 Å². The highest BCUT2D eigenvalue weighted by atomic mass is 35.5. The SMILES string of the molecule is CCOc1ccc(NCc2cccc(F)c2F)cc1CCl. The molecule has 0 aliphatic rings. The summed E-state index contributed by atoms with van der Waals surface area (Å²) >= 11 is 5.89. The molecular weight excluding hydrogens is 296 g/mol. The molecule has 5 heteroatoms. The molecular formula is C16H16ClF2NO. The van der Waals surface area contributed by atoms with E-state index in [2.05, 4.69) is 5.32 Å². The minimum absolute atomic E-state index is 0.194. The van der Waals surface area contributed by atoms with Crippen molar-refractivity contribution in [2.24, 2.45) is 0 Å². The van der Waals surface area contributed by atoms with E-state index in [1.54, 1.807) is 6.07 Å². The highest BCUT2D eigenvalue weighted by Crippen LogP contribution is 2.25. The molecule has 0 bridgehead atoms. The van der Waals surface area contributed by atoms with Gasteiger partial charge in [-0.05, 0) is 31.2 Å². The Balaban J connectivity index is 2.11. The molecule has 2 rings (SSSR count). The molecule has 2 nitrogen and oxygen atoms in total. The van der Waals surface area contributed by atoms with Gasteiger partial charge in [-0.3, -0.25) is 0 Å². The third kappa shape index (κ3) is 3.85. The van der Waals surface area contributed by atoms with Crippen molar-refractivity contribution < 1.29 is 13.5 Å². The molecule has 0 saturated carbocycles. The summed E-state index contributed by atoms with van der Waals surface area (Å²) in [4.78, 5) is 0. The van der Waals surface area contributed by atoms with Crippen molar-refractivity contribution in [1.82, 2.24) is 0 Å². The first kappa shape index (κ1) is 15.6. The van der Waals surface area contributed by atoms with Crippen LogP contribution in [0.1, 0.15) is 18.1 Å². The molecule has 0 heterocycles. The number of halogens is 3. The van der Waals surface area contributed by atoms with E-state index >= 15 is 0 Å². The molecule has 21 heavy (non-hydrogen) atoms. The van der Waals surface area contributed by atoms with Crippen LogP contribution in [0.15, 0.2) is 36.4 Å². The number of anilines is 1. The fourth-order valence-corrected chi connectivity index (χ4v) is 2.18. The molecule has 0 fully saturated rings. The van der Waals surface area contributed by atoms with Gasteiger partial charge in [0.25, 0.3) is 0 Å². The second-order valence-electron chi connectivity index (χ2n) is 4.46. The van der Waals surface area contributed by atoms with Crippen molar-refractivity contribution in [3.05, 3.63) is 59.2 Å². The maximum atomic E-state index is 13.6. The van der Waals surface area contributed by atoms with Gasteiger partial charge in [0, 0.05) is 23.4 Å². The maximum Gasteiger partial charge on any atom is 0.163 e. The first-order valence-corrected chi connectivity index (χ1v) is 7.17. The topological polar surface area (TPSA) is 21.3 Å². The molecule has 0 amide bonds. The third-order valence-corrected chi connectivity index (χ3v) is 3.31. The van der Waals surface area contributed by atoms with Crippen LogP contribution in [0.4, 0.5) is 14.5 Å². The molecule has 0 radical (unpaired) electrons. The van der Waals surface area contributed by atoms with Crippen LogP contribution in [0.25, 0.3) is 0 Å². The first-order valence-electron chi connectivity index (χ1n) is 6.64. The summed E-state index contributed by atoms with van der Waals surface area (Å²) in [5.74, 6) is -0.620. The highest BCUT2D eigenvalue weighted by molar-refractivity contribution is 6.17. The minimum atomic E-state index is -0.845.